The molecule has 1 aliphatic rings. The van der Waals surface area contributed by atoms with E-state index >= 15 is 0 Å². The van der Waals surface area contributed by atoms with Crippen molar-refractivity contribution in [2.75, 3.05) is 0 Å². The minimum absolute atomic E-state index is 0.101. The fourth-order valence-corrected chi connectivity index (χ4v) is 3.59. The van der Waals surface area contributed by atoms with E-state index in [4.69, 9.17) is 9.98 Å². The number of hydrogen-bond donors (Lipinski definition) is 2. The van der Waals surface area contributed by atoms with Gasteiger partial charge in [-0.25, -0.2) is 0 Å². The van der Waals surface area contributed by atoms with Gasteiger partial charge in [-0.1, -0.05) is 37.1 Å². The lowest BCUT2D eigenvalue weighted by atomic mass is 9.90. The molecule has 0 bridgehead atoms. The largest absolute Gasteiger partial charge is 0.507 e. The molecule has 0 spiro atoms. The van der Waals surface area contributed by atoms with E-state index < -0.39 is 0 Å². The van der Waals surface area contributed by atoms with Gasteiger partial charge in [0.05, 0.1) is 12.1 Å². The number of hydrogen-bond acceptors (Lipinski definition) is 4. The van der Waals surface area contributed by atoms with Crippen LogP contribution in [0.2, 0.25) is 0 Å². The van der Waals surface area contributed by atoms with Gasteiger partial charge in [0, 0.05) is 22.6 Å². The maximum absolute atomic E-state index is 10.1. The molecule has 2 aromatic carbocycles. The van der Waals surface area contributed by atoms with Crippen molar-refractivity contribution >= 4 is 11.4 Å². The Morgan fingerprint density at radius 3 is 1.50 bits per heavy atom. The van der Waals surface area contributed by atoms with E-state index in [1.165, 1.54) is 0 Å². The highest BCUT2D eigenvalue weighted by Crippen LogP contribution is 2.27. The average Bonchev–Trinajstić information content (AvgIpc) is 2.64. The Morgan fingerprint density at radius 1 is 0.731 bits per heavy atom. The summed E-state index contributed by atoms with van der Waals surface area (Å²) in [6.07, 6.45) is 4.27. The van der Waals surface area contributed by atoms with Crippen molar-refractivity contribution in [2.45, 2.75) is 51.6 Å². The monoisotopic (exact) mass is 350 g/mol. The molecule has 26 heavy (non-hydrogen) atoms. The van der Waals surface area contributed by atoms with E-state index in [2.05, 4.69) is 0 Å². The summed E-state index contributed by atoms with van der Waals surface area (Å²) in [6, 6.07) is 14.8. The second kappa shape index (κ2) is 8.17. The number of phenols is 2. The lowest BCUT2D eigenvalue weighted by Gasteiger charge is -2.27. The van der Waals surface area contributed by atoms with Gasteiger partial charge >= 0.3 is 0 Å². The normalized spacial score (nSPS) is 21.6. The molecule has 0 aliphatic heterocycles. The lowest BCUT2D eigenvalue weighted by molar-refractivity contribution is 0.388. The van der Waals surface area contributed by atoms with Gasteiger partial charge in [-0.15, -0.1) is 0 Å². The van der Waals surface area contributed by atoms with E-state index in [1.54, 1.807) is 12.1 Å². The number of aromatic hydroxyl groups is 2. The minimum atomic E-state index is 0.101. The third-order valence-electron chi connectivity index (χ3n) is 5.00. The lowest BCUT2D eigenvalue weighted by Crippen LogP contribution is -2.29. The van der Waals surface area contributed by atoms with Gasteiger partial charge < -0.3 is 10.2 Å². The molecule has 1 saturated carbocycles. The summed E-state index contributed by atoms with van der Waals surface area (Å²) in [6.45, 7) is 3.89. The van der Waals surface area contributed by atoms with Crippen LogP contribution >= 0.6 is 0 Å². The van der Waals surface area contributed by atoms with Gasteiger partial charge in [-0.05, 0) is 51.0 Å². The van der Waals surface area contributed by atoms with Crippen molar-refractivity contribution in [3.63, 3.8) is 0 Å². The third kappa shape index (κ3) is 4.13. The highest BCUT2D eigenvalue weighted by atomic mass is 16.3. The van der Waals surface area contributed by atoms with E-state index in [1.807, 2.05) is 50.2 Å². The van der Waals surface area contributed by atoms with Gasteiger partial charge in [0.25, 0.3) is 0 Å². The Labute approximate surface area is 155 Å². The molecule has 2 atom stereocenters. The molecule has 136 valence electrons. The number of aliphatic imine (C=N–C) groups is 2. The van der Waals surface area contributed by atoms with Crippen LogP contribution in [0.25, 0.3) is 0 Å². The van der Waals surface area contributed by atoms with Crippen LogP contribution in [0.1, 0.15) is 50.7 Å². The molecule has 4 heteroatoms. The van der Waals surface area contributed by atoms with E-state index in [0.717, 1.165) is 48.2 Å². The van der Waals surface area contributed by atoms with Crippen LogP contribution in [-0.2, 0) is 0 Å². The van der Waals surface area contributed by atoms with Crippen molar-refractivity contribution in [2.24, 2.45) is 9.98 Å². The molecule has 0 radical (unpaired) electrons. The maximum atomic E-state index is 10.1. The zero-order chi connectivity index (χ0) is 18.5. The first-order valence-corrected chi connectivity index (χ1v) is 9.22. The topological polar surface area (TPSA) is 65.2 Å². The summed E-state index contributed by atoms with van der Waals surface area (Å²) in [7, 11) is 0. The zero-order valence-electron chi connectivity index (χ0n) is 15.4. The van der Waals surface area contributed by atoms with Crippen molar-refractivity contribution in [3.05, 3.63) is 59.7 Å². The average molecular weight is 350 g/mol. The predicted octanol–water partition coefficient (Wildman–Crippen LogP) is 4.73. The van der Waals surface area contributed by atoms with Crippen LogP contribution in [0.5, 0.6) is 11.5 Å². The Kier molecular flexibility index (Phi) is 5.71. The van der Waals surface area contributed by atoms with Crippen LogP contribution in [-0.4, -0.2) is 33.7 Å². The fraction of sp³-hybridized carbons (Fsp3) is 0.364. The molecule has 2 aromatic rings. The van der Waals surface area contributed by atoms with Gasteiger partial charge in [-0.2, -0.15) is 0 Å². The van der Waals surface area contributed by atoms with Crippen molar-refractivity contribution in [1.82, 2.24) is 0 Å². The summed E-state index contributed by atoms with van der Waals surface area (Å²) < 4.78 is 0. The Bertz CT molecular complexity index is 757. The number of nitrogens with zero attached hydrogens (tertiary/aromatic N) is 2. The first-order chi connectivity index (χ1) is 12.6. The quantitative estimate of drug-likeness (QED) is 0.783. The van der Waals surface area contributed by atoms with Crippen LogP contribution in [0.4, 0.5) is 0 Å². The molecule has 0 heterocycles. The van der Waals surface area contributed by atoms with Crippen molar-refractivity contribution < 1.29 is 10.2 Å². The molecule has 0 saturated heterocycles. The third-order valence-corrected chi connectivity index (χ3v) is 5.00. The Hall–Kier alpha value is -2.62. The first kappa shape index (κ1) is 18.2. The first-order valence-electron chi connectivity index (χ1n) is 9.22. The molecule has 0 amide bonds. The smallest absolute Gasteiger partial charge is 0.124 e. The molecule has 2 N–H and O–H groups in total. The highest BCUT2D eigenvalue weighted by Gasteiger charge is 2.25. The minimum Gasteiger partial charge on any atom is -0.507 e. The van der Waals surface area contributed by atoms with Crippen LogP contribution in [0.3, 0.4) is 0 Å². The molecule has 1 aliphatic carbocycles. The Balaban J connectivity index is 1.86. The van der Waals surface area contributed by atoms with E-state index in [9.17, 15) is 10.2 Å². The number of para-hydroxylation sites is 2. The fourth-order valence-electron chi connectivity index (χ4n) is 3.59. The zero-order valence-corrected chi connectivity index (χ0v) is 15.4. The van der Waals surface area contributed by atoms with Crippen LogP contribution in [0.15, 0.2) is 58.5 Å². The summed E-state index contributed by atoms with van der Waals surface area (Å²) in [5, 5.41) is 20.1. The van der Waals surface area contributed by atoms with Gasteiger partial charge in [0.2, 0.25) is 0 Å². The SMILES string of the molecule is CC(=NC1CCCCC1N=C(C)c1ccccc1O)c1ccccc1O. The maximum Gasteiger partial charge on any atom is 0.124 e. The standard InChI is InChI=1S/C22H26N2O2/c1-15(17-9-3-7-13-21(17)25)23-19-11-5-6-12-20(19)24-16(2)18-10-4-8-14-22(18)26/h3-4,7-10,13-14,19-20,25-26H,5-6,11-12H2,1-2H3. The summed E-state index contributed by atoms with van der Waals surface area (Å²) in [5.74, 6) is 0.519. The summed E-state index contributed by atoms with van der Waals surface area (Å²) in [5.41, 5.74) is 3.24. The molecule has 2 unspecified atom stereocenters. The van der Waals surface area contributed by atoms with E-state index in [0.29, 0.717) is 0 Å². The molecular formula is C22H26N2O2. The number of benzene rings is 2. The number of phenolic OH excluding ortho intramolecular Hbond substituents is 2. The van der Waals surface area contributed by atoms with Gasteiger partial charge in [0.15, 0.2) is 0 Å². The molecule has 1 fully saturated rings. The molecule has 4 nitrogen and oxygen atoms in total. The summed E-state index contributed by atoms with van der Waals surface area (Å²) >= 11 is 0. The van der Waals surface area contributed by atoms with Gasteiger partial charge in [-0.3, -0.25) is 9.98 Å². The van der Waals surface area contributed by atoms with Gasteiger partial charge in [0.1, 0.15) is 11.5 Å². The molecule has 0 aromatic heterocycles. The van der Waals surface area contributed by atoms with Crippen molar-refractivity contribution in [1.29, 1.82) is 0 Å². The van der Waals surface area contributed by atoms with E-state index in [-0.39, 0.29) is 23.6 Å². The van der Waals surface area contributed by atoms with Crippen molar-refractivity contribution in [3.8, 4) is 11.5 Å². The van der Waals surface area contributed by atoms with Crippen LogP contribution < -0.4 is 0 Å². The summed E-state index contributed by atoms with van der Waals surface area (Å²) in [4.78, 5) is 9.81. The second-order valence-electron chi connectivity index (χ2n) is 6.88. The molecular weight excluding hydrogens is 324 g/mol. The molecule has 3 rings (SSSR count). The number of rotatable bonds is 4. The highest BCUT2D eigenvalue weighted by molar-refractivity contribution is 6.02. The van der Waals surface area contributed by atoms with Crippen LogP contribution in [0, 0.1) is 0 Å². The Morgan fingerprint density at radius 2 is 1.12 bits per heavy atom. The second-order valence-corrected chi connectivity index (χ2v) is 6.88. The predicted molar refractivity (Wildman–Crippen MR) is 107 cm³/mol.